The van der Waals surface area contributed by atoms with Crippen molar-refractivity contribution >= 4 is 50.8 Å². The zero-order valence-electron chi connectivity index (χ0n) is 15.3. The first kappa shape index (κ1) is 19.9. The lowest BCUT2D eigenvalue weighted by Gasteiger charge is -2.10. The van der Waals surface area contributed by atoms with Crippen LogP contribution in [0, 0.1) is 13.8 Å². The van der Waals surface area contributed by atoms with Crippen molar-refractivity contribution in [2.45, 2.75) is 39.0 Å². The molecule has 8 heteroatoms. The molecule has 1 amide bonds. The van der Waals surface area contributed by atoms with Gasteiger partial charge in [-0.25, -0.2) is 4.98 Å². The number of nitrogens with one attached hydrogen (secondary N) is 1. The highest BCUT2D eigenvalue weighted by Crippen LogP contribution is 2.28. The number of nitrogens with zero attached hydrogens (tertiary/aromatic N) is 2. The lowest BCUT2D eigenvalue weighted by atomic mass is 10.2. The van der Waals surface area contributed by atoms with E-state index in [1.165, 1.54) is 23.1 Å². The number of fused-ring (bicyclic) bond motifs is 1. The number of aromatic nitrogens is 2. The van der Waals surface area contributed by atoms with Crippen LogP contribution in [0.5, 0.6) is 0 Å². The van der Waals surface area contributed by atoms with E-state index < -0.39 is 0 Å². The molecular formula is C19H20ClN3O2S2. The molecule has 0 radical (unpaired) electrons. The van der Waals surface area contributed by atoms with Gasteiger partial charge in [0.2, 0.25) is 5.91 Å². The lowest BCUT2D eigenvalue weighted by Crippen LogP contribution is -2.26. The largest absolute Gasteiger partial charge is 0.351 e. The molecule has 0 unspecified atom stereocenters. The summed E-state index contributed by atoms with van der Waals surface area (Å²) in [6.07, 6.45) is 0. The summed E-state index contributed by atoms with van der Waals surface area (Å²) in [6.45, 7) is 6.78. The van der Waals surface area contributed by atoms with Gasteiger partial charge in [-0.15, -0.1) is 11.3 Å². The standard InChI is InChI=1S/C19H20ClN3O2S2/c1-4-23-18(25)16-11(2)12(3)27-17(16)22-19(23)26-10-15(24)21-9-13-6-5-7-14(20)8-13/h5-8H,4,9-10H2,1-3H3,(H,21,24). The quantitative estimate of drug-likeness (QED) is 0.479. The van der Waals surface area contributed by atoms with Crippen LogP contribution in [0.1, 0.15) is 22.9 Å². The first-order valence-electron chi connectivity index (χ1n) is 8.55. The van der Waals surface area contributed by atoms with Gasteiger partial charge < -0.3 is 5.32 Å². The summed E-state index contributed by atoms with van der Waals surface area (Å²) >= 11 is 8.75. The lowest BCUT2D eigenvalue weighted by molar-refractivity contribution is -0.118. The van der Waals surface area contributed by atoms with Crippen molar-refractivity contribution in [1.82, 2.24) is 14.9 Å². The fourth-order valence-electron chi connectivity index (χ4n) is 2.73. The minimum absolute atomic E-state index is 0.0359. The van der Waals surface area contributed by atoms with Crippen molar-refractivity contribution in [3.05, 3.63) is 55.6 Å². The van der Waals surface area contributed by atoms with Crippen molar-refractivity contribution in [2.75, 3.05) is 5.75 Å². The second-order valence-corrected chi connectivity index (χ2v) is 8.68. The number of hydrogen-bond acceptors (Lipinski definition) is 5. The van der Waals surface area contributed by atoms with Gasteiger partial charge in [0.15, 0.2) is 5.16 Å². The van der Waals surface area contributed by atoms with E-state index in [0.717, 1.165) is 20.8 Å². The van der Waals surface area contributed by atoms with Gasteiger partial charge in [-0.3, -0.25) is 14.2 Å². The van der Waals surface area contributed by atoms with E-state index >= 15 is 0 Å². The number of amides is 1. The van der Waals surface area contributed by atoms with Gasteiger partial charge in [0, 0.05) is 23.0 Å². The van der Waals surface area contributed by atoms with E-state index in [1.54, 1.807) is 10.6 Å². The predicted octanol–water partition coefficient (Wildman–Crippen LogP) is 4.16. The highest BCUT2D eigenvalue weighted by Gasteiger charge is 2.16. The average molecular weight is 422 g/mol. The molecule has 0 spiro atoms. The summed E-state index contributed by atoms with van der Waals surface area (Å²) in [7, 11) is 0. The van der Waals surface area contributed by atoms with E-state index in [2.05, 4.69) is 10.3 Å². The van der Waals surface area contributed by atoms with Gasteiger partial charge in [-0.1, -0.05) is 35.5 Å². The van der Waals surface area contributed by atoms with Crippen LogP contribution in [-0.2, 0) is 17.9 Å². The molecule has 3 rings (SSSR count). The normalized spacial score (nSPS) is 11.1. The molecule has 0 aliphatic carbocycles. The Bertz CT molecular complexity index is 1060. The molecule has 0 saturated heterocycles. The third kappa shape index (κ3) is 4.36. The monoisotopic (exact) mass is 421 g/mol. The molecule has 1 aromatic carbocycles. The van der Waals surface area contributed by atoms with Crippen LogP contribution in [-0.4, -0.2) is 21.2 Å². The second kappa shape index (κ2) is 8.46. The van der Waals surface area contributed by atoms with Crippen LogP contribution in [0.15, 0.2) is 34.2 Å². The Morgan fingerprint density at radius 2 is 2.15 bits per heavy atom. The van der Waals surface area contributed by atoms with Crippen LogP contribution < -0.4 is 10.9 Å². The number of thiophene rings is 1. The SMILES string of the molecule is CCn1c(SCC(=O)NCc2cccc(Cl)c2)nc2sc(C)c(C)c2c1=O. The Morgan fingerprint density at radius 1 is 1.37 bits per heavy atom. The topological polar surface area (TPSA) is 64.0 Å². The highest BCUT2D eigenvalue weighted by molar-refractivity contribution is 7.99. The maximum absolute atomic E-state index is 12.8. The number of carbonyl (C=O) groups excluding carboxylic acids is 1. The molecular weight excluding hydrogens is 402 g/mol. The molecule has 27 heavy (non-hydrogen) atoms. The average Bonchev–Trinajstić information content (AvgIpc) is 2.92. The first-order chi connectivity index (χ1) is 12.9. The Kier molecular flexibility index (Phi) is 6.24. The van der Waals surface area contributed by atoms with Crippen molar-refractivity contribution in [2.24, 2.45) is 0 Å². The number of thioether (sulfide) groups is 1. The van der Waals surface area contributed by atoms with Crippen molar-refractivity contribution in [3.8, 4) is 0 Å². The van der Waals surface area contributed by atoms with E-state index in [0.29, 0.717) is 28.7 Å². The maximum Gasteiger partial charge on any atom is 0.263 e. The van der Waals surface area contributed by atoms with Crippen LogP contribution in [0.4, 0.5) is 0 Å². The van der Waals surface area contributed by atoms with E-state index in [9.17, 15) is 9.59 Å². The van der Waals surface area contributed by atoms with Crippen LogP contribution in [0.25, 0.3) is 10.2 Å². The third-order valence-electron chi connectivity index (χ3n) is 4.28. The summed E-state index contributed by atoms with van der Waals surface area (Å²) in [5.74, 6) is 0.0810. The second-order valence-electron chi connectivity index (χ2n) is 6.10. The van der Waals surface area contributed by atoms with Crippen molar-refractivity contribution < 1.29 is 4.79 Å². The molecule has 3 aromatic rings. The molecule has 142 valence electrons. The van der Waals surface area contributed by atoms with E-state index in [-0.39, 0.29) is 17.2 Å². The number of aryl methyl sites for hydroxylation is 2. The molecule has 0 saturated carbocycles. The van der Waals surface area contributed by atoms with Crippen LogP contribution >= 0.6 is 34.7 Å². The van der Waals surface area contributed by atoms with Crippen LogP contribution in [0.2, 0.25) is 5.02 Å². The predicted molar refractivity (Wildman–Crippen MR) is 113 cm³/mol. The number of halogens is 1. The Labute approximate surface area is 170 Å². The maximum atomic E-state index is 12.8. The van der Waals surface area contributed by atoms with Gasteiger partial charge in [0.25, 0.3) is 5.56 Å². The third-order valence-corrected chi connectivity index (χ3v) is 6.59. The fraction of sp³-hybridized carbons (Fsp3) is 0.316. The van der Waals surface area contributed by atoms with Gasteiger partial charge in [0.05, 0.1) is 11.1 Å². The summed E-state index contributed by atoms with van der Waals surface area (Å²) in [4.78, 5) is 31.5. The zero-order chi connectivity index (χ0) is 19.6. The van der Waals surface area contributed by atoms with Crippen molar-refractivity contribution in [3.63, 3.8) is 0 Å². The minimum atomic E-state index is -0.115. The molecule has 1 N–H and O–H groups in total. The summed E-state index contributed by atoms with van der Waals surface area (Å²) in [6, 6.07) is 7.37. The Morgan fingerprint density at radius 3 is 2.85 bits per heavy atom. The number of benzene rings is 1. The van der Waals surface area contributed by atoms with Crippen molar-refractivity contribution in [1.29, 1.82) is 0 Å². The molecule has 5 nitrogen and oxygen atoms in total. The van der Waals surface area contributed by atoms with E-state index in [4.69, 9.17) is 11.6 Å². The molecule has 0 fully saturated rings. The molecule has 0 aliphatic heterocycles. The number of rotatable bonds is 6. The molecule has 2 aromatic heterocycles. The zero-order valence-corrected chi connectivity index (χ0v) is 17.7. The summed E-state index contributed by atoms with van der Waals surface area (Å²) in [5, 5.41) is 4.78. The fourth-order valence-corrected chi connectivity index (χ4v) is 4.90. The van der Waals surface area contributed by atoms with E-state index in [1.807, 2.05) is 39.0 Å². The molecule has 0 bridgehead atoms. The molecule has 0 aliphatic rings. The Balaban J connectivity index is 1.72. The summed E-state index contributed by atoms with van der Waals surface area (Å²) < 4.78 is 1.64. The smallest absolute Gasteiger partial charge is 0.263 e. The van der Waals surface area contributed by atoms with Crippen LogP contribution in [0.3, 0.4) is 0 Å². The highest BCUT2D eigenvalue weighted by atomic mass is 35.5. The minimum Gasteiger partial charge on any atom is -0.351 e. The number of hydrogen-bond donors (Lipinski definition) is 1. The summed E-state index contributed by atoms with van der Waals surface area (Å²) in [5.41, 5.74) is 1.90. The number of carbonyl (C=O) groups is 1. The van der Waals surface area contributed by atoms with Gasteiger partial charge in [0.1, 0.15) is 4.83 Å². The van der Waals surface area contributed by atoms with Gasteiger partial charge in [-0.2, -0.15) is 0 Å². The molecule has 2 heterocycles. The Hall–Kier alpha value is -1.83. The first-order valence-corrected chi connectivity index (χ1v) is 10.7. The molecule has 0 atom stereocenters. The van der Waals surface area contributed by atoms with Gasteiger partial charge in [-0.05, 0) is 44.0 Å². The van der Waals surface area contributed by atoms with Gasteiger partial charge >= 0.3 is 0 Å².